The van der Waals surface area contributed by atoms with Crippen molar-refractivity contribution >= 4 is 21.6 Å². The van der Waals surface area contributed by atoms with E-state index in [0.29, 0.717) is 17.8 Å². The Balaban J connectivity index is 1.75. The molecule has 0 radical (unpaired) electrons. The molecule has 0 saturated heterocycles. The Kier molecular flexibility index (Phi) is 6.19. The number of hydrogen-bond donors (Lipinski definition) is 2. The molecule has 0 aliphatic heterocycles. The van der Waals surface area contributed by atoms with E-state index in [9.17, 15) is 13.2 Å². The Morgan fingerprint density at radius 3 is 2.31 bits per heavy atom. The maximum atomic E-state index is 12.8. The summed E-state index contributed by atoms with van der Waals surface area (Å²) in [6, 6.07) is 20.6. The number of hydrogen-bond acceptors (Lipinski definition) is 4. The summed E-state index contributed by atoms with van der Waals surface area (Å²) >= 11 is 0. The van der Waals surface area contributed by atoms with Crippen LogP contribution in [0.5, 0.6) is 5.75 Å². The molecule has 29 heavy (non-hydrogen) atoms. The zero-order valence-electron chi connectivity index (χ0n) is 16.2. The lowest BCUT2D eigenvalue weighted by molar-refractivity contribution is 0.0950. The monoisotopic (exact) mass is 410 g/mol. The number of ether oxygens (including phenoxy) is 1. The summed E-state index contributed by atoms with van der Waals surface area (Å²) in [5.74, 6) is 0.386. The molecule has 3 rings (SSSR count). The van der Waals surface area contributed by atoms with Crippen molar-refractivity contribution in [3.63, 3.8) is 0 Å². The van der Waals surface area contributed by atoms with Crippen molar-refractivity contribution < 1.29 is 17.9 Å². The van der Waals surface area contributed by atoms with Crippen molar-refractivity contribution in [2.45, 2.75) is 18.4 Å². The van der Waals surface area contributed by atoms with E-state index in [1.165, 1.54) is 6.07 Å². The van der Waals surface area contributed by atoms with E-state index in [2.05, 4.69) is 10.0 Å². The number of carbonyl (C=O) groups excluding carboxylic acids is 1. The third-order valence-electron chi connectivity index (χ3n) is 4.38. The van der Waals surface area contributed by atoms with E-state index in [1.54, 1.807) is 56.5 Å². The molecule has 0 aromatic heterocycles. The molecule has 0 atom stereocenters. The van der Waals surface area contributed by atoms with Gasteiger partial charge in [0.15, 0.2) is 0 Å². The molecule has 150 valence electrons. The SMILES string of the molecule is COc1ccc(CNC(=O)c2ccc(C)c(S(=O)(=O)Nc3ccccc3)c2)cc1. The average molecular weight is 410 g/mol. The zero-order chi connectivity index (χ0) is 20.9. The molecule has 0 heterocycles. The van der Waals surface area contributed by atoms with Gasteiger partial charge in [-0.3, -0.25) is 9.52 Å². The number of sulfonamides is 1. The minimum Gasteiger partial charge on any atom is -0.497 e. The van der Waals surface area contributed by atoms with Gasteiger partial charge in [0, 0.05) is 17.8 Å². The number of rotatable bonds is 7. The fourth-order valence-electron chi connectivity index (χ4n) is 2.77. The van der Waals surface area contributed by atoms with E-state index >= 15 is 0 Å². The summed E-state index contributed by atoms with van der Waals surface area (Å²) in [5, 5.41) is 2.81. The lowest BCUT2D eigenvalue weighted by Gasteiger charge is -2.12. The molecule has 0 bridgehead atoms. The number of methoxy groups -OCH3 is 1. The first-order chi connectivity index (χ1) is 13.9. The molecule has 0 aliphatic carbocycles. The first kappa shape index (κ1) is 20.4. The zero-order valence-corrected chi connectivity index (χ0v) is 17.0. The normalized spacial score (nSPS) is 11.0. The number of anilines is 1. The molecule has 3 aromatic carbocycles. The van der Waals surface area contributed by atoms with E-state index in [0.717, 1.165) is 11.3 Å². The Bertz CT molecular complexity index is 1100. The highest BCUT2D eigenvalue weighted by Crippen LogP contribution is 2.21. The number of carbonyl (C=O) groups is 1. The predicted molar refractivity (Wildman–Crippen MR) is 113 cm³/mol. The van der Waals surface area contributed by atoms with Crippen LogP contribution in [0.1, 0.15) is 21.5 Å². The van der Waals surface area contributed by atoms with Crippen LogP contribution in [0.25, 0.3) is 0 Å². The highest BCUT2D eigenvalue weighted by molar-refractivity contribution is 7.92. The molecule has 3 aromatic rings. The molecule has 0 unspecified atom stereocenters. The van der Waals surface area contributed by atoms with Crippen molar-refractivity contribution in [2.24, 2.45) is 0 Å². The van der Waals surface area contributed by atoms with Crippen molar-refractivity contribution in [3.05, 3.63) is 89.5 Å². The van der Waals surface area contributed by atoms with Crippen LogP contribution in [-0.4, -0.2) is 21.4 Å². The van der Waals surface area contributed by atoms with Gasteiger partial charge < -0.3 is 10.1 Å². The van der Waals surface area contributed by atoms with Gasteiger partial charge in [-0.15, -0.1) is 0 Å². The molecule has 0 saturated carbocycles. The number of amides is 1. The molecule has 6 nitrogen and oxygen atoms in total. The smallest absolute Gasteiger partial charge is 0.262 e. The fraction of sp³-hybridized carbons (Fsp3) is 0.136. The summed E-state index contributed by atoms with van der Waals surface area (Å²) < 4.78 is 33.2. The summed E-state index contributed by atoms with van der Waals surface area (Å²) in [7, 11) is -2.23. The molecular formula is C22H22N2O4S. The second-order valence-electron chi connectivity index (χ2n) is 6.48. The van der Waals surface area contributed by atoms with Gasteiger partial charge in [-0.1, -0.05) is 36.4 Å². The summed E-state index contributed by atoms with van der Waals surface area (Å²) in [5.41, 5.74) is 2.20. The number of benzene rings is 3. The van der Waals surface area contributed by atoms with Gasteiger partial charge in [-0.2, -0.15) is 0 Å². The van der Waals surface area contributed by atoms with Crippen molar-refractivity contribution in [3.8, 4) is 5.75 Å². The second kappa shape index (κ2) is 8.79. The van der Waals surface area contributed by atoms with Gasteiger partial charge in [0.1, 0.15) is 5.75 Å². The molecule has 0 spiro atoms. The van der Waals surface area contributed by atoms with Crippen LogP contribution in [0.15, 0.2) is 77.7 Å². The van der Waals surface area contributed by atoms with Crippen LogP contribution in [0.3, 0.4) is 0 Å². The molecule has 7 heteroatoms. The maximum Gasteiger partial charge on any atom is 0.262 e. The van der Waals surface area contributed by atoms with E-state index in [-0.39, 0.29) is 16.4 Å². The van der Waals surface area contributed by atoms with Crippen molar-refractivity contribution in [1.82, 2.24) is 5.32 Å². The summed E-state index contributed by atoms with van der Waals surface area (Å²) in [6.07, 6.45) is 0. The summed E-state index contributed by atoms with van der Waals surface area (Å²) in [4.78, 5) is 12.6. The second-order valence-corrected chi connectivity index (χ2v) is 8.13. The Labute approximate surface area is 170 Å². The first-order valence-electron chi connectivity index (χ1n) is 8.99. The minimum atomic E-state index is -3.82. The van der Waals surface area contributed by atoms with Crippen molar-refractivity contribution in [1.29, 1.82) is 0 Å². The van der Waals surface area contributed by atoms with Crippen LogP contribution in [0.2, 0.25) is 0 Å². The maximum absolute atomic E-state index is 12.8. The highest BCUT2D eigenvalue weighted by atomic mass is 32.2. The Hall–Kier alpha value is -3.32. The van der Waals surface area contributed by atoms with Gasteiger partial charge >= 0.3 is 0 Å². The quantitative estimate of drug-likeness (QED) is 0.622. The molecule has 0 fully saturated rings. The lowest BCUT2D eigenvalue weighted by Crippen LogP contribution is -2.23. The number of para-hydroxylation sites is 1. The summed E-state index contributed by atoms with van der Waals surface area (Å²) in [6.45, 7) is 2.01. The van der Waals surface area contributed by atoms with Gasteiger partial charge in [-0.05, 0) is 54.4 Å². The largest absolute Gasteiger partial charge is 0.497 e. The van der Waals surface area contributed by atoms with Crippen LogP contribution >= 0.6 is 0 Å². The molecule has 1 amide bonds. The van der Waals surface area contributed by atoms with Crippen molar-refractivity contribution in [2.75, 3.05) is 11.8 Å². The van der Waals surface area contributed by atoms with E-state index in [4.69, 9.17) is 4.74 Å². The standard InChI is InChI=1S/C22H22N2O4S/c1-16-8-11-18(22(25)23-15-17-9-12-20(28-2)13-10-17)14-21(16)29(26,27)24-19-6-4-3-5-7-19/h3-14,24H,15H2,1-2H3,(H,23,25). The van der Waals surface area contributed by atoms with Crippen LogP contribution < -0.4 is 14.8 Å². The van der Waals surface area contributed by atoms with Gasteiger partial charge in [0.2, 0.25) is 0 Å². The van der Waals surface area contributed by atoms with Gasteiger partial charge in [0.25, 0.3) is 15.9 Å². The molecular weight excluding hydrogens is 388 g/mol. The van der Waals surface area contributed by atoms with Gasteiger partial charge in [0.05, 0.1) is 12.0 Å². The number of nitrogens with one attached hydrogen (secondary N) is 2. The number of aryl methyl sites for hydroxylation is 1. The van der Waals surface area contributed by atoms with Crippen LogP contribution in [0.4, 0.5) is 5.69 Å². The topological polar surface area (TPSA) is 84.5 Å². The van der Waals surface area contributed by atoms with E-state index in [1.807, 2.05) is 24.3 Å². The minimum absolute atomic E-state index is 0.0680. The lowest BCUT2D eigenvalue weighted by atomic mass is 10.1. The first-order valence-corrected chi connectivity index (χ1v) is 10.5. The Morgan fingerprint density at radius 1 is 0.966 bits per heavy atom. The van der Waals surface area contributed by atoms with Crippen LogP contribution in [-0.2, 0) is 16.6 Å². The molecule has 0 aliphatic rings. The third-order valence-corrected chi connectivity index (χ3v) is 5.90. The average Bonchev–Trinajstić information content (AvgIpc) is 2.73. The predicted octanol–water partition coefficient (Wildman–Crippen LogP) is 3.73. The third kappa shape index (κ3) is 5.14. The highest BCUT2D eigenvalue weighted by Gasteiger charge is 2.19. The van der Waals surface area contributed by atoms with Crippen LogP contribution in [0, 0.1) is 6.92 Å². The van der Waals surface area contributed by atoms with Gasteiger partial charge in [-0.25, -0.2) is 8.42 Å². The Morgan fingerprint density at radius 2 is 1.66 bits per heavy atom. The molecule has 2 N–H and O–H groups in total. The fourth-order valence-corrected chi connectivity index (χ4v) is 4.11. The van der Waals surface area contributed by atoms with E-state index < -0.39 is 10.0 Å².